The average Bonchev–Trinajstić information content (AvgIpc) is 2.75. The van der Waals surface area contributed by atoms with Gasteiger partial charge in [-0.15, -0.1) is 11.3 Å². The van der Waals surface area contributed by atoms with Crippen molar-refractivity contribution in [1.82, 2.24) is 0 Å². The summed E-state index contributed by atoms with van der Waals surface area (Å²) >= 11 is 10.6. The Labute approximate surface area is 105 Å². The zero-order valence-electron chi connectivity index (χ0n) is 7.74. The van der Waals surface area contributed by atoms with E-state index in [4.69, 9.17) is 21.8 Å². The second-order valence-corrected chi connectivity index (χ2v) is 5.74. The van der Waals surface area contributed by atoms with Gasteiger partial charge in [0, 0.05) is 11.3 Å². The lowest BCUT2D eigenvalue weighted by molar-refractivity contribution is 0.449. The van der Waals surface area contributed by atoms with Gasteiger partial charge in [-0.05, 0) is 40.2 Å². The third-order valence-electron chi connectivity index (χ3n) is 2.01. The van der Waals surface area contributed by atoms with E-state index in [0.29, 0.717) is 4.67 Å². The van der Waals surface area contributed by atoms with Gasteiger partial charge in [0.25, 0.3) is 0 Å². The number of halogens is 2. The van der Waals surface area contributed by atoms with E-state index in [-0.39, 0.29) is 6.04 Å². The summed E-state index contributed by atoms with van der Waals surface area (Å²) in [5.41, 5.74) is 6.00. The van der Waals surface area contributed by atoms with Crippen molar-refractivity contribution >= 4 is 38.9 Å². The minimum Gasteiger partial charge on any atom is -0.453 e. The predicted octanol–water partition coefficient (Wildman–Crippen LogP) is 4.00. The second-order valence-electron chi connectivity index (χ2n) is 3.16. The first kappa shape index (κ1) is 11.2. The third-order valence-corrected chi connectivity index (χ3v) is 3.69. The summed E-state index contributed by atoms with van der Waals surface area (Å²) in [6, 6.07) is 7.48. The van der Waals surface area contributed by atoms with E-state index >= 15 is 0 Å². The van der Waals surface area contributed by atoms with Crippen molar-refractivity contribution < 1.29 is 4.42 Å². The molecule has 0 aromatic carbocycles. The van der Waals surface area contributed by atoms with Crippen LogP contribution in [0.4, 0.5) is 0 Å². The first-order valence-electron chi connectivity index (χ1n) is 4.40. The molecule has 0 aliphatic heterocycles. The van der Waals surface area contributed by atoms with Crippen LogP contribution in [-0.2, 0) is 6.42 Å². The molecular weight excluding hydrogens is 298 g/mol. The van der Waals surface area contributed by atoms with E-state index in [1.807, 2.05) is 24.3 Å². The van der Waals surface area contributed by atoms with Crippen LogP contribution < -0.4 is 5.73 Å². The Balaban J connectivity index is 2.06. The molecule has 2 aromatic heterocycles. The maximum absolute atomic E-state index is 6.00. The summed E-state index contributed by atoms with van der Waals surface area (Å²) in [6.07, 6.45) is 0.747. The van der Waals surface area contributed by atoms with Crippen LogP contribution in [0, 0.1) is 0 Å². The normalized spacial score (nSPS) is 13.0. The largest absolute Gasteiger partial charge is 0.453 e. The molecule has 0 spiro atoms. The number of nitrogens with two attached hydrogens (primary N) is 1. The highest BCUT2D eigenvalue weighted by atomic mass is 79.9. The first-order valence-corrected chi connectivity index (χ1v) is 6.39. The summed E-state index contributed by atoms with van der Waals surface area (Å²) in [5.74, 6) is 0.784. The molecule has 1 atom stereocenters. The lowest BCUT2D eigenvalue weighted by Crippen LogP contribution is -2.11. The van der Waals surface area contributed by atoms with Crippen LogP contribution in [0.25, 0.3) is 0 Å². The molecule has 0 saturated heterocycles. The molecular formula is C10H9BrClNOS. The Morgan fingerprint density at radius 2 is 2.20 bits per heavy atom. The molecule has 1 unspecified atom stereocenters. The SMILES string of the molecule is NC(Cc1ccc(Cl)s1)c1ccc(Br)o1. The third kappa shape index (κ3) is 2.84. The smallest absolute Gasteiger partial charge is 0.169 e. The molecule has 2 nitrogen and oxygen atoms in total. The molecule has 2 aromatic rings. The molecule has 15 heavy (non-hydrogen) atoms. The number of thiophene rings is 1. The lowest BCUT2D eigenvalue weighted by Gasteiger charge is -2.06. The molecule has 0 amide bonds. The van der Waals surface area contributed by atoms with Crippen molar-refractivity contribution in [2.24, 2.45) is 5.73 Å². The highest BCUT2D eigenvalue weighted by Crippen LogP contribution is 2.27. The summed E-state index contributed by atoms with van der Waals surface area (Å²) in [4.78, 5) is 1.17. The van der Waals surface area contributed by atoms with Gasteiger partial charge in [-0.2, -0.15) is 0 Å². The summed E-state index contributed by atoms with van der Waals surface area (Å²) < 4.78 is 6.88. The quantitative estimate of drug-likeness (QED) is 0.931. The molecule has 2 N–H and O–H groups in total. The highest BCUT2D eigenvalue weighted by molar-refractivity contribution is 9.10. The van der Waals surface area contributed by atoms with Gasteiger partial charge in [0.1, 0.15) is 5.76 Å². The van der Waals surface area contributed by atoms with Crippen LogP contribution in [0.15, 0.2) is 33.4 Å². The summed E-state index contributed by atoms with van der Waals surface area (Å²) in [5, 5.41) is 0. The molecule has 0 fully saturated rings. The Hall–Kier alpha value is -0.290. The topological polar surface area (TPSA) is 39.2 Å². The van der Waals surface area contributed by atoms with E-state index in [1.54, 1.807) is 11.3 Å². The monoisotopic (exact) mass is 305 g/mol. The highest BCUT2D eigenvalue weighted by Gasteiger charge is 2.12. The molecule has 0 aliphatic rings. The minimum absolute atomic E-state index is 0.119. The van der Waals surface area contributed by atoms with Crippen molar-refractivity contribution in [3.8, 4) is 0 Å². The molecule has 2 rings (SSSR count). The fraction of sp³-hybridized carbons (Fsp3) is 0.200. The van der Waals surface area contributed by atoms with Crippen molar-refractivity contribution in [3.05, 3.63) is 43.9 Å². The fourth-order valence-corrected chi connectivity index (χ4v) is 2.77. The van der Waals surface area contributed by atoms with E-state index in [2.05, 4.69) is 15.9 Å². The van der Waals surface area contributed by atoms with Crippen molar-refractivity contribution in [3.63, 3.8) is 0 Å². The molecule has 2 heterocycles. The fourth-order valence-electron chi connectivity index (χ4n) is 1.31. The minimum atomic E-state index is -0.119. The van der Waals surface area contributed by atoms with Crippen molar-refractivity contribution in [2.75, 3.05) is 0 Å². The van der Waals surface area contributed by atoms with Crippen LogP contribution in [0.1, 0.15) is 16.7 Å². The van der Waals surface area contributed by atoms with Gasteiger partial charge >= 0.3 is 0 Å². The van der Waals surface area contributed by atoms with Crippen LogP contribution in [0.2, 0.25) is 4.34 Å². The Morgan fingerprint density at radius 1 is 1.40 bits per heavy atom. The van der Waals surface area contributed by atoms with E-state index in [1.165, 1.54) is 4.88 Å². The van der Waals surface area contributed by atoms with Gasteiger partial charge in [0.15, 0.2) is 4.67 Å². The van der Waals surface area contributed by atoms with E-state index in [9.17, 15) is 0 Å². The van der Waals surface area contributed by atoms with E-state index in [0.717, 1.165) is 16.5 Å². The average molecular weight is 307 g/mol. The van der Waals surface area contributed by atoms with Gasteiger partial charge in [-0.3, -0.25) is 0 Å². The molecule has 0 radical (unpaired) electrons. The van der Waals surface area contributed by atoms with Gasteiger partial charge < -0.3 is 10.2 Å². The van der Waals surface area contributed by atoms with E-state index < -0.39 is 0 Å². The van der Waals surface area contributed by atoms with Gasteiger partial charge in [0.05, 0.1) is 10.4 Å². The number of hydrogen-bond donors (Lipinski definition) is 1. The molecule has 5 heteroatoms. The maximum atomic E-state index is 6.00. The van der Waals surface area contributed by atoms with Crippen LogP contribution in [0.5, 0.6) is 0 Å². The molecule has 0 bridgehead atoms. The number of furan rings is 1. The van der Waals surface area contributed by atoms with Crippen molar-refractivity contribution in [2.45, 2.75) is 12.5 Å². The predicted molar refractivity (Wildman–Crippen MR) is 66.4 cm³/mol. The van der Waals surface area contributed by atoms with Crippen LogP contribution in [0.3, 0.4) is 0 Å². The summed E-state index contributed by atoms with van der Waals surface area (Å²) in [6.45, 7) is 0. The zero-order valence-corrected chi connectivity index (χ0v) is 10.9. The second kappa shape index (κ2) is 4.70. The standard InChI is InChI=1S/C10H9BrClNOS/c11-9-3-2-8(14-9)7(13)5-6-1-4-10(12)15-6/h1-4,7H,5,13H2. The van der Waals surface area contributed by atoms with Gasteiger partial charge in [0.2, 0.25) is 0 Å². The van der Waals surface area contributed by atoms with Gasteiger partial charge in [-0.1, -0.05) is 11.6 Å². The maximum Gasteiger partial charge on any atom is 0.169 e. The van der Waals surface area contributed by atoms with Crippen LogP contribution >= 0.6 is 38.9 Å². The molecule has 80 valence electrons. The Morgan fingerprint density at radius 3 is 2.73 bits per heavy atom. The lowest BCUT2D eigenvalue weighted by atomic mass is 10.1. The zero-order chi connectivity index (χ0) is 10.8. The van der Waals surface area contributed by atoms with Gasteiger partial charge in [-0.25, -0.2) is 0 Å². The number of hydrogen-bond acceptors (Lipinski definition) is 3. The number of rotatable bonds is 3. The van der Waals surface area contributed by atoms with Crippen molar-refractivity contribution in [1.29, 1.82) is 0 Å². The Bertz CT molecular complexity index is 454. The first-order chi connectivity index (χ1) is 7.15. The molecule has 0 saturated carbocycles. The Kier molecular flexibility index (Phi) is 3.51. The summed E-state index contributed by atoms with van der Waals surface area (Å²) in [7, 11) is 0. The molecule has 0 aliphatic carbocycles. The van der Waals surface area contributed by atoms with Crippen LogP contribution in [-0.4, -0.2) is 0 Å².